The van der Waals surface area contributed by atoms with Crippen molar-refractivity contribution in [1.29, 1.82) is 0 Å². The van der Waals surface area contributed by atoms with E-state index in [0.717, 1.165) is 43.1 Å². The van der Waals surface area contributed by atoms with Gasteiger partial charge < -0.3 is 20.3 Å². The molecule has 3 heterocycles. The molecule has 0 amide bonds. The van der Waals surface area contributed by atoms with Gasteiger partial charge in [0.05, 0.1) is 0 Å². The van der Waals surface area contributed by atoms with Gasteiger partial charge in [0.1, 0.15) is 11.0 Å². The Morgan fingerprint density at radius 2 is 2.03 bits per heavy atom. The fraction of sp³-hybridized carbons (Fsp3) is 0.522. The molecule has 4 rings (SSSR count). The zero-order valence-electron chi connectivity index (χ0n) is 18.2. The maximum Gasteiger partial charge on any atom is 0.232 e. The lowest BCUT2D eigenvalue weighted by Gasteiger charge is -2.38. The van der Waals surface area contributed by atoms with Crippen LogP contribution < -0.4 is 15.5 Å². The summed E-state index contributed by atoms with van der Waals surface area (Å²) in [5.41, 5.74) is 1.10. The second-order valence-corrected chi connectivity index (χ2v) is 9.85. The second kappa shape index (κ2) is 10.5. The summed E-state index contributed by atoms with van der Waals surface area (Å²) >= 11 is 18.2. The first kappa shape index (κ1) is 23.5. The molecule has 1 unspecified atom stereocenters. The van der Waals surface area contributed by atoms with Crippen molar-refractivity contribution in [3.05, 3.63) is 46.1 Å². The van der Waals surface area contributed by atoms with Gasteiger partial charge in [-0.3, -0.25) is 0 Å². The van der Waals surface area contributed by atoms with E-state index in [1.165, 1.54) is 12.0 Å². The van der Waals surface area contributed by atoms with Crippen molar-refractivity contribution >= 4 is 52.3 Å². The molecule has 2 N–H and O–H groups in total. The number of nitrogens with one attached hydrogen (secondary N) is 2. The number of ether oxygens (including phenoxy) is 1. The summed E-state index contributed by atoms with van der Waals surface area (Å²) in [6, 6.07) is 10.3. The van der Waals surface area contributed by atoms with Crippen molar-refractivity contribution in [2.24, 2.45) is 0 Å². The molecule has 1 aromatic carbocycles. The Morgan fingerprint density at radius 3 is 2.78 bits per heavy atom. The van der Waals surface area contributed by atoms with Crippen molar-refractivity contribution in [2.75, 3.05) is 36.5 Å². The van der Waals surface area contributed by atoms with E-state index in [4.69, 9.17) is 40.2 Å². The van der Waals surface area contributed by atoms with Crippen molar-refractivity contribution in [3.8, 4) is 0 Å². The average Bonchev–Trinajstić information content (AvgIpc) is 2.78. The van der Waals surface area contributed by atoms with Crippen molar-refractivity contribution in [2.45, 2.75) is 50.5 Å². The first-order valence-electron chi connectivity index (χ1n) is 11.2. The molecule has 0 spiro atoms. The topological polar surface area (TPSA) is 62.3 Å². The lowest BCUT2D eigenvalue weighted by atomic mass is 9.74. The van der Waals surface area contributed by atoms with Crippen LogP contribution in [0.3, 0.4) is 0 Å². The number of thiocarbonyl (C=S) groups is 1. The highest BCUT2D eigenvalue weighted by molar-refractivity contribution is 7.80. The molecule has 2 aromatic rings. The third-order valence-corrected chi connectivity index (χ3v) is 7.15. The molecule has 1 atom stereocenters. The van der Waals surface area contributed by atoms with Gasteiger partial charge in [-0.1, -0.05) is 35.3 Å². The van der Waals surface area contributed by atoms with E-state index >= 15 is 0 Å². The van der Waals surface area contributed by atoms with Gasteiger partial charge in [-0.05, 0) is 68.9 Å². The van der Waals surface area contributed by atoms with E-state index in [1.807, 2.05) is 24.3 Å². The van der Waals surface area contributed by atoms with Crippen molar-refractivity contribution < 1.29 is 4.74 Å². The summed E-state index contributed by atoms with van der Waals surface area (Å²) in [5.74, 6) is 1.24. The Hall–Kier alpha value is -1.67. The van der Waals surface area contributed by atoms with Crippen LogP contribution in [-0.4, -0.2) is 47.4 Å². The average molecular weight is 494 g/mol. The molecule has 1 aromatic heterocycles. The van der Waals surface area contributed by atoms with Gasteiger partial charge in [0.25, 0.3) is 0 Å². The second-order valence-electron chi connectivity index (χ2n) is 8.62. The summed E-state index contributed by atoms with van der Waals surface area (Å²) < 4.78 is 5.62. The van der Waals surface area contributed by atoms with Crippen LogP contribution in [0.1, 0.15) is 44.6 Å². The molecule has 172 valence electrons. The fourth-order valence-corrected chi connectivity index (χ4v) is 5.12. The Bertz CT molecular complexity index is 954. The summed E-state index contributed by atoms with van der Waals surface area (Å²) in [4.78, 5) is 11.3. The molecular weight excluding hydrogens is 465 g/mol. The number of piperidine rings is 1. The summed E-state index contributed by atoms with van der Waals surface area (Å²) in [6.07, 6.45) is 5.35. The van der Waals surface area contributed by atoms with Gasteiger partial charge in [0.15, 0.2) is 5.11 Å². The van der Waals surface area contributed by atoms with Gasteiger partial charge in [-0.2, -0.15) is 4.98 Å². The van der Waals surface area contributed by atoms with Gasteiger partial charge in [0.2, 0.25) is 5.95 Å². The van der Waals surface area contributed by atoms with E-state index in [0.29, 0.717) is 42.0 Å². The van der Waals surface area contributed by atoms with Crippen LogP contribution in [-0.2, 0) is 10.2 Å². The standard InChI is InChI=1S/C23H29Cl2N5OS/c1-16-5-2-3-10-30(16)20-14-19(25)27-21(28-20)29-22(32)26-15-23(8-11-31-12-9-23)17-6-4-7-18(24)13-17/h4,6-7,13-14,16H,2-3,5,8-12,15H2,1H3,(H2,26,27,28,29,32). The lowest BCUT2D eigenvalue weighted by molar-refractivity contribution is 0.0515. The first-order valence-corrected chi connectivity index (χ1v) is 12.3. The summed E-state index contributed by atoms with van der Waals surface area (Å²) in [5, 5.41) is 8.11. The minimum atomic E-state index is -0.0987. The molecular formula is C23H29Cl2N5OS. The molecule has 9 heteroatoms. The maximum absolute atomic E-state index is 6.31. The third kappa shape index (κ3) is 5.63. The molecule has 32 heavy (non-hydrogen) atoms. The number of hydrogen-bond donors (Lipinski definition) is 2. The van der Waals surface area contributed by atoms with E-state index in [9.17, 15) is 0 Å². The summed E-state index contributed by atoms with van der Waals surface area (Å²) in [7, 11) is 0. The van der Waals surface area contributed by atoms with Crippen LogP contribution in [0.2, 0.25) is 10.2 Å². The van der Waals surface area contributed by atoms with Crippen LogP contribution in [0, 0.1) is 0 Å². The van der Waals surface area contributed by atoms with Crippen LogP contribution in [0.5, 0.6) is 0 Å². The van der Waals surface area contributed by atoms with E-state index < -0.39 is 0 Å². The SMILES string of the molecule is CC1CCCCN1c1cc(Cl)nc(NC(=S)NCC2(c3cccc(Cl)c3)CCOCC2)n1. The Kier molecular flexibility index (Phi) is 7.71. The number of nitrogens with zero attached hydrogens (tertiary/aromatic N) is 3. The van der Waals surface area contributed by atoms with Crippen LogP contribution in [0.25, 0.3) is 0 Å². The Balaban J connectivity index is 1.45. The highest BCUT2D eigenvalue weighted by atomic mass is 35.5. The minimum Gasteiger partial charge on any atom is -0.381 e. The number of benzene rings is 1. The molecule has 0 aliphatic carbocycles. The molecule has 2 aliphatic heterocycles. The van der Waals surface area contributed by atoms with Gasteiger partial charge in [0, 0.05) is 48.8 Å². The third-order valence-electron chi connectivity index (χ3n) is 6.48. The Morgan fingerprint density at radius 1 is 1.22 bits per heavy atom. The maximum atomic E-state index is 6.31. The normalized spacial score (nSPS) is 20.6. The molecule has 0 radical (unpaired) electrons. The van der Waals surface area contributed by atoms with E-state index in [-0.39, 0.29) is 5.41 Å². The van der Waals surface area contributed by atoms with Gasteiger partial charge in [-0.25, -0.2) is 4.98 Å². The predicted octanol–water partition coefficient (Wildman–Crippen LogP) is 5.20. The van der Waals surface area contributed by atoms with E-state index in [2.05, 4.69) is 38.5 Å². The van der Waals surface area contributed by atoms with Crippen molar-refractivity contribution in [1.82, 2.24) is 15.3 Å². The molecule has 2 fully saturated rings. The molecule has 0 saturated carbocycles. The van der Waals surface area contributed by atoms with Gasteiger partial charge >= 0.3 is 0 Å². The molecule has 2 saturated heterocycles. The van der Waals surface area contributed by atoms with Crippen LogP contribution >= 0.6 is 35.4 Å². The van der Waals surface area contributed by atoms with Crippen molar-refractivity contribution in [3.63, 3.8) is 0 Å². The number of aromatic nitrogens is 2. The largest absolute Gasteiger partial charge is 0.381 e. The number of rotatable bonds is 5. The zero-order valence-corrected chi connectivity index (χ0v) is 20.6. The van der Waals surface area contributed by atoms with E-state index in [1.54, 1.807) is 0 Å². The fourth-order valence-electron chi connectivity index (χ4n) is 4.59. The quantitative estimate of drug-likeness (QED) is 0.438. The van der Waals surface area contributed by atoms with Crippen LogP contribution in [0.4, 0.5) is 11.8 Å². The highest BCUT2D eigenvalue weighted by Gasteiger charge is 2.34. The number of hydrogen-bond acceptors (Lipinski definition) is 5. The minimum absolute atomic E-state index is 0.0987. The molecule has 6 nitrogen and oxygen atoms in total. The lowest BCUT2D eigenvalue weighted by Crippen LogP contribution is -2.45. The van der Waals surface area contributed by atoms with Gasteiger partial charge in [-0.15, -0.1) is 0 Å². The van der Waals surface area contributed by atoms with Crippen LogP contribution in [0.15, 0.2) is 30.3 Å². The molecule has 0 bridgehead atoms. The number of anilines is 2. The molecule has 2 aliphatic rings. The first-order chi connectivity index (χ1) is 15.4. The monoisotopic (exact) mass is 493 g/mol. The predicted molar refractivity (Wildman–Crippen MR) is 135 cm³/mol. The Labute approximate surface area is 205 Å². The zero-order chi connectivity index (χ0) is 22.6. The number of halogens is 2. The summed E-state index contributed by atoms with van der Waals surface area (Å²) in [6.45, 7) is 5.28. The smallest absolute Gasteiger partial charge is 0.232 e. The highest BCUT2D eigenvalue weighted by Crippen LogP contribution is 2.35.